The van der Waals surface area contributed by atoms with Gasteiger partial charge in [-0.2, -0.15) is 13.2 Å². The quantitative estimate of drug-likeness (QED) is 0.346. The number of nitrogens with zero attached hydrogens (tertiary/aromatic N) is 6. The number of likely N-dealkylation sites (N-methyl/N-ethyl adjacent to an activating group) is 1. The molecule has 3 heterocycles. The Hall–Kier alpha value is -4.44. The fraction of sp³-hybridized carbons (Fsp3) is 0.419. The Morgan fingerprint density at radius 1 is 0.979 bits per heavy atom. The van der Waals surface area contributed by atoms with Crippen LogP contribution in [0.1, 0.15) is 36.7 Å². The van der Waals surface area contributed by atoms with Crippen LogP contribution in [0.2, 0.25) is 0 Å². The summed E-state index contributed by atoms with van der Waals surface area (Å²) in [5, 5.41) is 10.3. The van der Waals surface area contributed by atoms with Crippen molar-refractivity contribution in [1.82, 2.24) is 14.9 Å². The summed E-state index contributed by atoms with van der Waals surface area (Å²) in [5.74, 6) is -5.58. The molecule has 16 heteroatoms. The number of piperazine rings is 1. The Morgan fingerprint density at radius 2 is 1.62 bits per heavy atom. The Balaban J connectivity index is 1.69. The van der Waals surface area contributed by atoms with Crippen LogP contribution in [0.4, 0.5) is 48.5 Å². The first kappa shape index (κ1) is 33.9. The number of anilines is 3. The fourth-order valence-electron chi connectivity index (χ4n) is 5.87. The van der Waals surface area contributed by atoms with Gasteiger partial charge in [0, 0.05) is 62.3 Å². The number of hydrogen-bond donors (Lipinski definition) is 1. The highest BCUT2D eigenvalue weighted by Crippen LogP contribution is 2.43. The molecule has 0 radical (unpaired) electrons. The van der Waals surface area contributed by atoms with E-state index in [2.05, 4.69) is 9.97 Å². The van der Waals surface area contributed by atoms with E-state index >= 15 is 8.78 Å². The molecule has 2 aromatic carbocycles. The lowest BCUT2D eigenvalue weighted by molar-refractivity contribution is -0.138. The first-order valence-electron chi connectivity index (χ1n) is 14.7. The first-order valence-corrected chi connectivity index (χ1v) is 14.7. The van der Waals surface area contributed by atoms with Crippen molar-refractivity contribution in [2.45, 2.75) is 45.1 Å². The van der Waals surface area contributed by atoms with Crippen LogP contribution in [0, 0.1) is 17.5 Å². The molecule has 2 aliphatic rings. The number of amides is 2. The van der Waals surface area contributed by atoms with E-state index < -0.39 is 58.0 Å². The number of hydrogen-bond acceptors (Lipinski definition) is 8. The SMILES string of the molecule is C[C@@H]1CN(c2cc(F)c(-c3cnc(N4CCO[C@@H](C)C4)nc3)c(F)c2N(C(=O)O)C(=O)c2ccc(F)cc2C(F)(F)F)C[C@H](C)N1C. The molecule has 3 aromatic rings. The largest absolute Gasteiger partial charge is 0.464 e. The Bertz CT molecular complexity index is 1660. The maximum absolute atomic E-state index is 16.8. The van der Waals surface area contributed by atoms with Gasteiger partial charge in [-0.1, -0.05) is 0 Å². The molecule has 2 saturated heterocycles. The summed E-state index contributed by atoms with van der Waals surface area (Å²) in [6.07, 6.45) is -5.28. The van der Waals surface area contributed by atoms with Crippen LogP contribution in [-0.4, -0.2) is 90.0 Å². The van der Waals surface area contributed by atoms with Gasteiger partial charge in [0.15, 0.2) is 5.82 Å². The van der Waals surface area contributed by atoms with E-state index in [1.165, 1.54) is 4.90 Å². The molecule has 2 amide bonds. The molecule has 1 aromatic heterocycles. The zero-order valence-electron chi connectivity index (χ0n) is 25.9. The van der Waals surface area contributed by atoms with Crippen molar-refractivity contribution in [3.05, 3.63) is 65.2 Å². The summed E-state index contributed by atoms with van der Waals surface area (Å²) in [7, 11) is 1.83. The molecule has 0 aliphatic carbocycles. The van der Waals surface area contributed by atoms with E-state index in [9.17, 15) is 32.3 Å². The molecule has 0 saturated carbocycles. The number of imide groups is 1. The minimum atomic E-state index is -5.27. The molecule has 2 fully saturated rings. The van der Waals surface area contributed by atoms with Gasteiger partial charge in [0.25, 0.3) is 5.91 Å². The van der Waals surface area contributed by atoms with Gasteiger partial charge in [-0.15, -0.1) is 0 Å². The highest BCUT2D eigenvalue weighted by molar-refractivity contribution is 6.21. The molecule has 3 atom stereocenters. The third-order valence-corrected chi connectivity index (χ3v) is 8.46. The van der Waals surface area contributed by atoms with E-state index in [0.717, 1.165) is 18.5 Å². The van der Waals surface area contributed by atoms with Crippen molar-refractivity contribution in [1.29, 1.82) is 0 Å². The van der Waals surface area contributed by atoms with Gasteiger partial charge in [0.05, 0.1) is 35.1 Å². The molecule has 0 unspecified atom stereocenters. The summed E-state index contributed by atoms with van der Waals surface area (Å²) in [4.78, 5) is 39.9. The van der Waals surface area contributed by atoms with Crippen LogP contribution in [-0.2, 0) is 10.9 Å². The molecule has 1 N–H and O–H groups in total. The van der Waals surface area contributed by atoms with Crippen LogP contribution in [0.3, 0.4) is 0 Å². The number of morpholine rings is 1. The van der Waals surface area contributed by atoms with Gasteiger partial charge in [-0.05, 0) is 46.0 Å². The smallest absolute Gasteiger partial charge is 0.419 e. The van der Waals surface area contributed by atoms with E-state index in [1.54, 1.807) is 4.90 Å². The van der Waals surface area contributed by atoms with Gasteiger partial charge < -0.3 is 19.6 Å². The molecular weight excluding hydrogens is 634 g/mol. The van der Waals surface area contributed by atoms with Gasteiger partial charge in [0.1, 0.15) is 17.3 Å². The normalized spacial score (nSPS) is 20.8. The van der Waals surface area contributed by atoms with E-state index in [1.807, 2.05) is 32.7 Å². The second-order valence-corrected chi connectivity index (χ2v) is 11.7. The highest BCUT2D eigenvalue weighted by atomic mass is 19.4. The number of rotatable bonds is 5. The third kappa shape index (κ3) is 6.70. The van der Waals surface area contributed by atoms with E-state index in [4.69, 9.17) is 4.74 Å². The molecule has 10 nitrogen and oxygen atoms in total. The number of carbonyl (C=O) groups is 2. The predicted octanol–water partition coefficient (Wildman–Crippen LogP) is 5.66. The monoisotopic (exact) mass is 666 g/mol. The molecule has 252 valence electrons. The van der Waals surface area contributed by atoms with E-state index in [-0.39, 0.29) is 59.4 Å². The topological polar surface area (TPSA) is 102 Å². The molecular formula is C31H32F6N6O4. The summed E-state index contributed by atoms with van der Waals surface area (Å²) in [6, 6.07) is 1.49. The maximum Gasteiger partial charge on any atom is 0.419 e. The summed E-state index contributed by atoms with van der Waals surface area (Å²) in [5.41, 5.74) is -5.39. The van der Waals surface area contributed by atoms with Crippen LogP contribution < -0.4 is 14.7 Å². The van der Waals surface area contributed by atoms with Crippen LogP contribution >= 0.6 is 0 Å². The number of carbonyl (C=O) groups excluding carboxylic acids is 1. The minimum Gasteiger partial charge on any atom is -0.464 e. The molecule has 2 aliphatic heterocycles. The number of ether oxygens (including phenoxy) is 1. The van der Waals surface area contributed by atoms with E-state index in [0.29, 0.717) is 31.8 Å². The highest BCUT2D eigenvalue weighted by Gasteiger charge is 2.41. The minimum absolute atomic E-state index is 0.0402. The number of benzene rings is 2. The molecule has 0 bridgehead atoms. The number of carboxylic acid groups (broad SMARTS) is 1. The zero-order chi connectivity index (χ0) is 34.4. The van der Waals surface area contributed by atoms with Crippen molar-refractivity contribution < 1.29 is 45.8 Å². The van der Waals surface area contributed by atoms with Crippen molar-refractivity contribution in [2.75, 3.05) is 54.5 Å². The summed E-state index contributed by atoms with van der Waals surface area (Å²) in [6.45, 7) is 7.11. The molecule has 0 spiro atoms. The van der Waals surface area contributed by atoms with Crippen LogP contribution in [0.25, 0.3) is 11.1 Å². The first-order chi connectivity index (χ1) is 22.1. The third-order valence-electron chi connectivity index (χ3n) is 8.46. The average molecular weight is 667 g/mol. The van der Waals surface area contributed by atoms with Gasteiger partial charge in [-0.3, -0.25) is 9.69 Å². The second kappa shape index (κ2) is 13.0. The van der Waals surface area contributed by atoms with Gasteiger partial charge in [-0.25, -0.2) is 32.8 Å². The Kier molecular flexibility index (Phi) is 9.37. The van der Waals surface area contributed by atoms with Gasteiger partial charge >= 0.3 is 12.3 Å². The predicted molar refractivity (Wildman–Crippen MR) is 160 cm³/mol. The van der Waals surface area contributed by atoms with Crippen molar-refractivity contribution in [3.8, 4) is 11.1 Å². The van der Waals surface area contributed by atoms with Gasteiger partial charge in [0.2, 0.25) is 5.95 Å². The second-order valence-electron chi connectivity index (χ2n) is 11.7. The summed E-state index contributed by atoms with van der Waals surface area (Å²) < 4.78 is 93.9. The standard InChI is InChI=1S/C31H32F6N6O4/c1-16-13-42(14-17(2)40(16)4)24-10-23(33)25(19-11-38-29(39-12-19)41-7-8-47-18(3)15-41)26(34)27(24)43(30(45)46)28(44)21-6-5-20(32)9-22(21)31(35,36)37/h5-6,9-12,16-18H,7-8,13-15H2,1-4H3,(H,45,46)/t16-,17+,18-/m0/s1. The zero-order valence-corrected chi connectivity index (χ0v) is 25.9. The maximum atomic E-state index is 16.8. The van der Waals surface area contributed by atoms with Crippen molar-refractivity contribution in [3.63, 3.8) is 0 Å². The number of alkyl halides is 3. The van der Waals surface area contributed by atoms with Crippen LogP contribution in [0.5, 0.6) is 0 Å². The Labute approximate surface area is 266 Å². The van der Waals surface area contributed by atoms with Crippen molar-refractivity contribution >= 4 is 29.3 Å². The fourth-order valence-corrected chi connectivity index (χ4v) is 5.87. The number of halogens is 6. The van der Waals surface area contributed by atoms with Crippen molar-refractivity contribution in [2.24, 2.45) is 0 Å². The molecule has 5 rings (SSSR count). The summed E-state index contributed by atoms with van der Waals surface area (Å²) >= 11 is 0. The average Bonchev–Trinajstić information content (AvgIpc) is 3.00. The lowest BCUT2D eigenvalue weighted by atomic mass is 10.0. The van der Waals surface area contributed by atoms with Crippen LogP contribution in [0.15, 0.2) is 36.7 Å². The lowest BCUT2D eigenvalue weighted by Crippen LogP contribution is -2.55. The lowest BCUT2D eigenvalue weighted by Gasteiger charge is -2.44. The molecule has 47 heavy (non-hydrogen) atoms. The number of aromatic nitrogens is 2. The Morgan fingerprint density at radius 3 is 2.19 bits per heavy atom.